The molecule has 0 unspecified atom stereocenters. The van der Waals surface area contributed by atoms with E-state index in [2.05, 4.69) is 24.0 Å². The van der Waals surface area contributed by atoms with Gasteiger partial charge in [-0.15, -0.1) is 0 Å². The van der Waals surface area contributed by atoms with E-state index in [1.165, 1.54) is 11.6 Å². The van der Waals surface area contributed by atoms with Crippen LogP contribution < -0.4 is 5.56 Å². The molecule has 120 valence electrons. The number of carbonyl (C=O) groups excluding carboxylic acids is 1. The number of amides is 1. The van der Waals surface area contributed by atoms with Gasteiger partial charge in [0.1, 0.15) is 5.76 Å². The van der Waals surface area contributed by atoms with Gasteiger partial charge in [-0.05, 0) is 23.1 Å². The van der Waals surface area contributed by atoms with Crippen molar-refractivity contribution in [2.24, 2.45) is 11.3 Å². The van der Waals surface area contributed by atoms with Gasteiger partial charge in [0, 0.05) is 37.5 Å². The Kier molecular flexibility index (Phi) is 2.98. The van der Waals surface area contributed by atoms with Gasteiger partial charge < -0.3 is 9.42 Å². The normalized spacial score (nSPS) is 25.9. The average Bonchev–Trinajstić information content (AvgIpc) is 2.81. The van der Waals surface area contributed by atoms with E-state index in [0.29, 0.717) is 18.8 Å². The number of hydrogen-bond donors (Lipinski definition) is 1. The van der Waals surface area contributed by atoms with Crippen LogP contribution >= 0.6 is 0 Å². The standard InChI is InChI=1S/C17H19N3O3/c1-17(2)14(10-3-5-18-6-4-10)15(17)16(22)20-8-11(9-20)12-7-13(21)19-23-12/h3-7,11,14-15H,8-9H2,1-2H3,(H,19,21)/t14-,15+/m1/s1. The van der Waals surface area contributed by atoms with E-state index < -0.39 is 0 Å². The van der Waals surface area contributed by atoms with Crippen LogP contribution in [0.4, 0.5) is 0 Å². The van der Waals surface area contributed by atoms with Crippen molar-refractivity contribution in [1.29, 1.82) is 0 Å². The van der Waals surface area contributed by atoms with Gasteiger partial charge in [0.25, 0.3) is 5.56 Å². The molecule has 0 radical (unpaired) electrons. The highest BCUT2D eigenvalue weighted by atomic mass is 16.5. The van der Waals surface area contributed by atoms with Crippen molar-refractivity contribution in [3.05, 3.63) is 52.3 Å². The molecule has 2 aromatic rings. The fraction of sp³-hybridized carbons (Fsp3) is 0.471. The molecule has 1 aliphatic carbocycles. The highest BCUT2D eigenvalue weighted by molar-refractivity contribution is 5.85. The summed E-state index contributed by atoms with van der Waals surface area (Å²) in [5.74, 6) is 1.23. The quantitative estimate of drug-likeness (QED) is 0.936. The Morgan fingerprint density at radius 1 is 1.35 bits per heavy atom. The van der Waals surface area contributed by atoms with Crippen LogP contribution in [0.5, 0.6) is 0 Å². The minimum absolute atomic E-state index is 0.0177. The lowest BCUT2D eigenvalue weighted by atomic mass is 9.96. The summed E-state index contributed by atoms with van der Waals surface area (Å²) < 4.78 is 5.12. The molecule has 1 aliphatic heterocycles. The van der Waals surface area contributed by atoms with E-state index in [1.807, 2.05) is 17.0 Å². The number of aromatic nitrogens is 2. The Labute approximate surface area is 133 Å². The second-order valence-electron chi connectivity index (χ2n) is 7.11. The Balaban J connectivity index is 1.44. The number of pyridine rings is 1. The minimum Gasteiger partial charge on any atom is -0.383 e. The van der Waals surface area contributed by atoms with Gasteiger partial charge in [-0.2, -0.15) is 5.16 Å². The summed E-state index contributed by atoms with van der Waals surface area (Å²) in [6.45, 7) is 5.52. The first kappa shape index (κ1) is 14.2. The van der Waals surface area contributed by atoms with Crippen LogP contribution in [0, 0.1) is 11.3 Å². The SMILES string of the molecule is CC1(C)[C@H](C(=O)N2CC(c3cc(=O)[nH]o3)C2)[C@H]1c1ccncc1. The lowest BCUT2D eigenvalue weighted by molar-refractivity contribution is -0.138. The van der Waals surface area contributed by atoms with Crippen LogP contribution in [0.15, 0.2) is 39.9 Å². The van der Waals surface area contributed by atoms with Crippen molar-refractivity contribution >= 4 is 5.91 Å². The molecule has 6 heteroatoms. The van der Waals surface area contributed by atoms with Crippen LogP contribution in [0.3, 0.4) is 0 Å². The van der Waals surface area contributed by atoms with Crippen LogP contribution in [0.25, 0.3) is 0 Å². The number of rotatable bonds is 3. The molecule has 1 N–H and O–H groups in total. The Bertz CT molecular complexity index is 787. The summed E-state index contributed by atoms with van der Waals surface area (Å²) in [6.07, 6.45) is 3.55. The van der Waals surface area contributed by atoms with E-state index in [0.717, 1.165) is 0 Å². The predicted molar refractivity (Wildman–Crippen MR) is 82.9 cm³/mol. The first-order valence-corrected chi connectivity index (χ1v) is 7.85. The zero-order valence-corrected chi connectivity index (χ0v) is 13.2. The maximum atomic E-state index is 12.8. The van der Waals surface area contributed by atoms with Crippen molar-refractivity contribution in [3.8, 4) is 0 Å². The van der Waals surface area contributed by atoms with Crippen molar-refractivity contribution < 1.29 is 9.32 Å². The fourth-order valence-electron chi connectivity index (χ4n) is 3.83. The molecular formula is C17H19N3O3. The number of hydrogen-bond acceptors (Lipinski definition) is 4. The largest absolute Gasteiger partial charge is 0.383 e. The first-order chi connectivity index (χ1) is 11.0. The molecule has 1 saturated carbocycles. The number of nitrogens with one attached hydrogen (secondary N) is 1. The van der Waals surface area contributed by atoms with Gasteiger partial charge in [0.15, 0.2) is 0 Å². The molecule has 0 spiro atoms. The molecule has 2 aliphatic rings. The molecule has 2 atom stereocenters. The second kappa shape index (κ2) is 4.81. The molecule has 1 amide bonds. The predicted octanol–water partition coefficient (Wildman–Crippen LogP) is 1.73. The Morgan fingerprint density at radius 2 is 2.04 bits per heavy atom. The summed E-state index contributed by atoms with van der Waals surface area (Å²) in [4.78, 5) is 29.8. The number of carbonyl (C=O) groups is 1. The maximum Gasteiger partial charge on any atom is 0.280 e. The van der Waals surface area contributed by atoms with Gasteiger partial charge >= 0.3 is 0 Å². The summed E-state index contributed by atoms with van der Waals surface area (Å²) in [5.41, 5.74) is 0.923. The number of likely N-dealkylation sites (tertiary alicyclic amines) is 1. The smallest absolute Gasteiger partial charge is 0.280 e. The number of H-pyrrole nitrogens is 1. The molecular weight excluding hydrogens is 294 g/mol. The van der Waals surface area contributed by atoms with Crippen LogP contribution in [-0.4, -0.2) is 34.0 Å². The third-order valence-corrected chi connectivity index (χ3v) is 5.30. The van der Waals surface area contributed by atoms with Gasteiger partial charge in [-0.25, -0.2) is 0 Å². The van der Waals surface area contributed by atoms with Gasteiger partial charge in [0.05, 0.1) is 11.8 Å². The maximum absolute atomic E-state index is 12.8. The summed E-state index contributed by atoms with van der Waals surface area (Å²) in [7, 11) is 0. The Hall–Kier alpha value is -2.37. The molecule has 1 saturated heterocycles. The lowest BCUT2D eigenvalue weighted by Crippen LogP contribution is -2.49. The van der Waals surface area contributed by atoms with Gasteiger partial charge in [-0.3, -0.25) is 14.6 Å². The highest BCUT2D eigenvalue weighted by Crippen LogP contribution is 2.65. The Morgan fingerprint density at radius 3 is 2.65 bits per heavy atom. The highest BCUT2D eigenvalue weighted by Gasteiger charge is 2.63. The molecule has 4 rings (SSSR count). The summed E-state index contributed by atoms with van der Waals surface area (Å²) in [5, 5.41) is 2.30. The van der Waals surface area contributed by atoms with Crippen molar-refractivity contribution in [2.45, 2.75) is 25.7 Å². The van der Waals surface area contributed by atoms with Gasteiger partial charge in [-0.1, -0.05) is 13.8 Å². The molecule has 0 aromatic carbocycles. The van der Waals surface area contributed by atoms with E-state index in [-0.39, 0.29) is 34.6 Å². The number of nitrogens with zero attached hydrogens (tertiary/aromatic N) is 2. The topological polar surface area (TPSA) is 79.2 Å². The molecule has 2 fully saturated rings. The van der Waals surface area contributed by atoms with E-state index >= 15 is 0 Å². The molecule has 0 bridgehead atoms. The molecule has 3 heterocycles. The zero-order valence-electron chi connectivity index (χ0n) is 13.2. The summed E-state index contributed by atoms with van der Waals surface area (Å²) in [6, 6.07) is 5.45. The van der Waals surface area contributed by atoms with Crippen LogP contribution in [0.2, 0.25) is 0 Å². The van der Waals surface area contributed by atoms with Crippen molar-refractivity contribution in [2.75, 3.05) is 13.1 Å². The fourth-order valence-corrected chi connectivity index (χ4v) is 3.83. The summed E-state index contributed by atoms with van der Waals surface area (Å²) >= 11 is 0. The van der Waals surface area contributed by atoms with E-state index in [9.17, 15) is 9.59 Å². The molecule has 6 nitrogen and oxygen atoms in total. The third-order valence-electron chi connectivity index (χ3n) is 5.30. The monoisotopic (exact) mass is 313 g/mol. The van der Waals surface area contributed by atoms with Gasteiger partial charge in [0.2, 0.25) is 5.91 Å². The third kappa shape index (κ3) is 2.20. The average molecular weight is 313 g/mol. The minimum atomic E-state index is -0.231. The van der Waals surface area contributed by atoms with Crippen molar-refractivity contribution in [1.82, 2.24) is 15.0 Å². The zero-order chi connectivity index (χ0) is 16.2. The molecule has 23 heavy (non-hydrogen) atoms. The first-order valence-electron chi connectivity index (χ1n) is 7.85. The van der Waals surface area contributed by atoms with E-state index in [4.69, 9.17) is 4.52 Å². The van der Waals surface area contributed by atoms with Crippen LogP contribution in [-0.2, 0) is 4.79 Å². The van der Waals surface area contributed by atoms with Crippen LogP contribution in [0.1, 0.15) is 37.0 Å². The molecule has 2 aromatic heterocycles. The van der Waals surface area contributed by atoms with Crippen molar-refractivity contribution in [3.63, 3.8) is 0 Å². The lowest BCUT2D eigenvalue weighted by Gasteiger charge is -2.38. The second-order valence-corrected chi connectivity index (χ2v) is 7.11. The number of aromatic amines is 1. The van der Waals surface area contributed by atoms with E-state index in [1.54, 1.807) is 12.4 Å².